The van der Waals surface area contributed by atoms with Crippen molar-refractivity contribution in [1.29, 1.82) is 0 Å². The van der Waals surface area contributed by atoms with Gasteiger partial charge < -0.3 is 110 Å². The zero-order valence-electron chi connectivity index (χ0n) is 23.8. The van der Waals surface area contributed by atoms with Crippen LogP contribution < -0.4 is 0 Å². The Kier molecular flexibility index (Phi) is 12.0. The molecule has 0 spiro atoms. The second kappa shape index (κ2) is 14.5. The maximum atomic E-state index is 11.7. The van der Waals surface area contributed by atoms with Gasteiger partial charge in [-0.2, -0.15) is 0 Å². The van der Waals surface area contributed by atoms with Crippen LogP contribution in [0.3, 0.4) is 0 Å². The van der Waals surface area contributed by atoms with Crippen LogP contribution in [0.2, 0.25) is 0 Å². The molecular weight excluding hydrogens is 640 g/mol. The number of hydrogen-bond donors (Lipinski definition) is 16. The number of ether oxygens (including phenoxy) is 6. The van der Waals surface area contributed by atoms with E-state index in [4.69, 9.17) is 28.4 Å². The number of hydrogen-bond acceptors (Lipinski definition) is 22. The van der Waals surface area contributed by atoms with Crippen molar-refractivity contribution in [1.82, 2.24) is 0 Å². The van der Waals surface area contributed by atoms with E-state index >= 15 is 0 Å². The lowest BCUT2D eigenvalue weighted by atomic mass is 9.80. The predicted molar refractivity (Wildman–Crippen MR) is 135 cm³/mol. The Hall–Kier alpha value is -0.880. The lowest BCUT2D eigenvalue weighted by molar-refractivity contribution is -0.511. The van der Waals surface area contributed by atoms with Crippen molar-refractivity contribution in [3.8, 4) is 0 Å². The molecule has 4 rings (SSSR count). The molecule has 4 aliphatic rings. The van der Waals surface area contributed by atoms with E-state index < -0.39 is 148 Å². The third-order valence-electron chi connectivity index (χ3n) is 8.68. The standard InChI is InChI=1S/C24H42O22/c25-1-5-9(29)13(33)19(37)23(40,44-5)24(20(38)14(34)10(30)6(2-26)45-24)46-18-8(4-28)42-22(16(36)12(18)32)43-17-7(3-27)41-21(39)15(35)11(17)31/h5-22,25-40H,1-4H2/t5-,6-,7-,8-,9-,10-,11?,12-,13+,14+,15?,16?,17-,18-,19-,20-,21?,22?,23?,24?/m1/s1. The summed E-state index contributed by atoms with van der Waals surface area (Å²) in [6.45, 7) is -4.34. The first-order valence-electron chi connectivity index (χ1n) is 14.2. The van der Waals surface area contributed by atoms with E-state index in [2.05, 4.69) is 0 Å². The van der Waals surface area contributed by atoms with E-state index in [1.165, 1.54) is 0 Å². The Morgan fingerprint density at radius 3 is 1.50 bits per heavy atom. The first-order chi connectivity index (χ1) is 21.5. The summed E-state index contributed by atoms with van der Waals surface area (Å²) >= 11 is 0. The molecule has 0 bridgehead atoms. The van der Waals surface area contributed by atoms with E-state index in [9.17, 15) is 81.7 Å². The van der Waals surface area contributed by atoms with E-state index in [1.807, 2.05) is 0 Å². The zero-order chi connectivity index (χ0) is 34.5. The minimum Gasteiger partial charge on any atom is -0.394 e. The monoisotopic (exact) mass is 682 g/mol. The van der Waals surface area contributed by atoms with Crippen molar-refractivity contribution in [3.05, 3.63) is 0 Å². The maximum absolute atomic E-state index is 11.7. The molecular formula is C24H42O22. The van der Waals surface area contributed by atoms with E-state index in [-0.39, 0.29) is 0 Å². The van der Waals surface area contributed by atoms with Gasteiger partial charge in [0.1, 0.15) is 97.7 Å². The van der Waals surface area contributed by atoms with Crippen LogP contribution in [0.5, 0.6) is 0 Å². The first kappa shape index (κ1) is 37.9. The van der Waals surface area contributed by atoms with Gasteiger partial charge in [0.25, 0.3) is 11.6 Å². The molecule has 0 aliphatic carbocycles. The fourth-order valence-corrected chi connectivity index (χ4v) is 5.96. The molecule has 7 unspecified atom stereocenters. The van der Waals surface area contributed by atoms with Gasteiger partial charge in [0.2, 0.25) is 0 Å². The third-order valence-corrected chi connectivity index (χ3v) is 8.68. The second-order valence-electron chi connectivity index (χ2n) is 11.5. The average Bonchev–Trinajstić information content (AvgIpc) is 3.04. The van der Waals surface area contributed by atoms with Crippen LogP contribution in [-0.4, -0.2) is 230 Å². The van der Waals surface area contributed by atoms with Crippen LogP contribution in [0.25, 0.3) is 0 Å². The molecule has 4 fully saturated rings. The van der Waals surface area contributed by atoms with Crippen molar-refractivity contribution in [2.45, 2.75) is 122 Å². The van der Waals surface area contributed by atoms with Crippen molar-refractivity contribution >= 4 is 0 Å². The average molecular weight is 683 g/mol. The summed E-state index contributed by atoms with van der Waals surface area (Å²) in [5.74, 6) is -7.17. The molecule has 4 heterocycles. The Morgan fingerprint density at radius 1 is 0.478 bits per heavy atom. The highest BCUT2D eigenvalue weighted by molar-refractivity contribution is 5.12. The van der Waals surface area contributed by atoms with Crippen LogP contribution in [0, 0.1) is 0 Å². The minimum absolute atomic E-state index is 0.889. The summed E-state index contributed by atoms with van der Waals surface area (Å²) < 4.78 is 32.3. The van der Waals surface area contributed by atoms with Gasteiger partial charge in [0.15, 0.2) is 12.6 Å². The van der Waals surface area contributed by atoms with Gasteiger partial charge in [-0.25, -0.2) is 0 Å². The molecule has 0 amide bonds. The van der Waals surface area contributed by atoms with Crippen LogP contribution in [-0.2, 0) is 28.4 Å². The normalized spacial score (nSPS) is 55.3. The Morgan fingerprint density at radius 2 is 0.957 bits per heavy atom. The lowest BCUT2D eigenvalue weighted by Gasteiger charge is -2.59. The topological polar surface area (TPSA) is 379 Å². The third kappa shape index (κ3) is 6.20. The van der Waals surface area contributed by atoms with Gasteiger partial charge >= 0.3 is 0 Å². The highest BCUT2D eigenvalue weighted by Crippen LogP contribution is 2.47. The Labute approximate surface area is 258 Å². The van der Waals surface area contributed by atoms with Crippen molar-refractivity contribution in [3.63, 3.8) is 0 Å². The van der Waals surface area contributed by atoms with Gasteiger partial charge in [0.05, 0.1) is 26.4 Å². The highest BCUT2D eigenvalue weighted by atomic mass is 16.8. The van der Waals surface area contributed by atoms with Gasteiger partial charge in [0, 0.05) is 0 Å². The molecule has 0 aromatic carbocycles. The Balaban J connectivity index is 1.71. The molecule has 22 nitrogen and oxygen atoms in total. The number of rotatable bonds is 9. The minimum atomic E-state index is -3.65. The predicted octanol–water partition coefficient (Wildman–Crippen LogP) is -11.0. The van der Waals surface area contributed by atoms with E-state index in [0.717, 1.165) is 0 Å². The Bertz CT molecular complexity index is 988. The summed E-state index contributed by atoms with van der Waals surface area (Å²) in [6, 6.07) is 0. The summed E-state index contributed by atoms with van der Waals surface area (Å²) in [5, 5.41) is 167. The lowest BCUT2D eigenvalue weighted by Crippen LogP contribution is -2.83. The first-order valence-corrected chi connectivity index (χ1v) is 14.2. The summed E-state index contributed by atoms with van der Waals surface area (Å²) in [5.41, 5.74) is 0. The van der Waals surface area contributed by atoms with Crippen LogP contribution >= 0.6 is 0 Å². The molecule has 4 saturated heterocycles. The summed E-state index contributed by atoms with van der Waals surface area (Å²) in [7, 11) is 0. The van der Waals surface area contributed by atoms with Gasteiger partial charge in [-0.15, -0.1) is 0 Å². The molecule has 16 N–H and O–H groups in total. The smallest absolute Gasteiger partial charge is 0.256 e. The van der Waals surface area contributed by atoms with Crippen molar-refractivity contribution in [2.75, 3.05) is 26.4 Å². The number of aliphatic hydroxyl groups excluding tert-OH is 15. The second-order valence-corrected chi connectivity index (χ2v) is 11.5. The van der Waals surface area contributed by atoms with Gasteiger partial charge in [-0.1, -0.05) is 0 Å². The summed E-state index contributed by atoms with van der Waals surface area (Å²) in [6.07, 6.45) is -38.2. The van der Waals surface area contributed by atoms with Crippen LogP contribution in [0.15, 0.2) is 0 Å². The number of aliphatic hydroxyl groups is 16. The molecule has 0 aromatic rings. The molecule has 0 radical (unpaired) electrons. The molecule has 0 aromatic heterocycles. The maximum Gasteiger partial charge on any atom is 0.256 e. The largest absolute Gasteiger partial charge is 0.394 e. The van der Waals surface area contributed by atoms with Crippen LogP contribution in [0.1, 0.15) is 0 Å². The zero-order valence-corrected chi connectivity index (χ0v) is 23.8. The molecule has 20 atom stereocenters. The van der Waals surface area contributed by atoms with Gasteiger partial charge in [-0.3, -0.25) is 0 Å². The summed E-state index contributed by atoms with van der Waals surface area (Å²) in [4.78, 5) is 0. The fourth-order valence-electron chi connectivity index (χ4n) is 5.96. The van der Waals surface area contributed by atoms with Crippen molar-refractivity contribution < 1.29 is 110 Å². The quantitative estimate of drug-likeness (QED) is 0.107. The van der Waals surface area contributed by atoms with E-state index in [0.29, 0.717) is 0 Å². The molecule has 4 aliphatic heterocycles. The molecule has 46 heavy (non-hydrogen) atoms. The molecule has 0 saturated carbocycles. The fraction of sp³-hybridized carbons (Fsp3) is 1.00. The molecule has 22 heteroatoms. The SMILES string of the molecule is OC[C@H]1OC(O)(C2(O[C@H]3[C@H](O)C(O)C(O[C@H]4C(O)C(O)C(O)O[C@@H]4CO)O[C@@H]3CO)O[C@H](CO)[C@@H](O)[C@H](O)[C@H]2O)[C@H](O)[C@@H](O)[C@@H]1O. The van der Waals surface area contributed by atoms with Crippen molar-refractivity contribution in [2.24, 2.45) is 0 Å². The van der Waals surface area contributed by atoms with Gasteiger partial charge in [-0.05, 0) is 0 Å². The van der Waals surface area contributed by atoms with E-state index in [1.54, 1.807) is 0 Å². The highest BCUT2D eigenvalue weighted by Gasteiger charge is 2.74. The van der Waals surface area contributed by atoms with Crippen LogP contribution in [0.4, 0.5) is 0 Å². The molecule has 270 valence electrons.